The van der Waals surface area contributed by atoms with Crippen LogP contribution in [0.5, 0.6) is 0 Å². The molecule has 0 aliphatic heterocycles. The molecule has 2 fully saturated rings. The number of rotatable bonds is 6. The smallest absolute Gasteiger partial charge is 0.320 e. The van der Waals surface area contributed by atoms with E-state index in [0.717, 1.165) is 13.0 Å². The first-order valence-corrected chi connectivity index (χ1v) is 7.11. The summed E-state index contributed by atoms with van der Waals surface area (Å²) in [5.74, 6) is -0.620. The molecule has 0 radical (unpaired) electrons. The summed E-state index contributed by atoms with van der Waals surface area (Å²) in [6.45, 7) is 6.70. The molecule has 0 aromatic heterocycles. The number of ether oxygens (including phenoxy) is 1. The average molecular weight is 255 g/mol. The Labute approximate surface area is 109 Å². The van der Waals surface area contributed by atoms with Crippen LogP contribution in [-0.4, -0.2) is 35.9 Å². The van der Waals surface area contributed by atoms with E-state index in [1.807, 2.05) is 20.8 Å². The lowest BCUT2D eigenvalue weighted by molar-refractivity contribution is -0.178. The van der Waals surface area contributed by atoms with Crippen LogP contribution >= 0.6 is 0 Å². The first-order chi connectivity index (χ1) is 8.51. The van der Waals surface area contributed by atoms with Crippen molar-refractivity contribution < 1.29 is 14.6 Å². The van der Waals surface area contributed by atoms with Gasteiger partial charge in [0.25, 0.3) is 0 Å². The molecule has 2 aliphatic rings. The summed E-state index contributed by atoms with van der Waals surface area (Å²) in [6.07, 6.45) is 4.92. The third-order valence-electron chi connectivity index (χ3n) is 4.75. The molecule has 4 nitrogen and oxygen atoms in total. The number of carbonyl (C=O) groups is 1. The zero-order valence-corrected chi connectivity index (χ0v) is 11.6. The molecule has 104 valence electrons. The van der Waals surface area contributed by atoms with Crippen molar-refractivity contribution in [2.24, 2.45) is 11.3 Å². The topological polar surface area (TPSA) is 58.6 Å². The van der Waals surface area contributed by atoms with Crippen molar-refractivity contribution in [3.05, 3.63) is 0 Å². The second-order valence-electron chi connectivity index (χ2n) is 6.05. The van der Waals surface area contributed by atoms with E-state index in [0.29, 0.717) is 12.1 Å². The number of hydrogen-bond donors (Lipinski definition) is 2. The number of aliphatic carboxylic acids is 1. The van der Waals surface area contributed by atoms with Crippen LogP contribution in [0.2, 0.25) is 0 Å². The van der Waals surface area contributed by atoms with Crippen LogP contribution in [-0.2, 0) is 9.53 Å². The van der Waals surface area contributed by atoms with E-state index in [2.05, 4.69) is 5.32 Å². The molecule has 0 saturated heterocycles. The summed E-state index contributed by atoms with van der Waals surface area (Å²) in [4.78, 5) is 11.2. The third-order valence-corrected chi connectivity index (χ3v) is 4.75. The Morgan fingerprint density at radius 1 is 1.50 bits per heavy atom. The molecule has 2 saturated carbocycles. The van der Waals surface area contributed by atoms with Crippen molar-refractivity contribution >= 4 is 5.97 Å². The predicted octanol–water partition coefficient (Wildman–Crippen LogP) is 2.03. The molecule has 2 rings (SSSR count). The van der Waals surface area contributed by atoms with Gasteiger partial charge in [-0.25, -0.2) is 0 Å². The van der Waals surface area contributed by atoms with Gasteiger partial charge in [-0.3, -0.25) is 4.79 Å². The molecule has 4 heteroatoms. The molecule has 2 aliphatic carbocycles. The van der Waals surface area contributed by atoms with Crippen molar-refractivity contribution in [1.82, 2.24) is 5.32 Å². The molecular weight excluding hydrogens is 230 g/mol. The zero-order valence-electron chi connectivity index (χ0n) is 11.6. The minimum atomic E-state index is -0.737. The van der Waals surface area contributed by atoms with Gasteiger partial charge in [-0.15, -0.1) is 0 Å². The van der Waals surface area contributed by atoms with Crippen LogP contribution in [0.3, 0.4) is 0 Å². The molecule has 3 unspecified atom stereocenters. The lowest BCUT2D eigenvalue weighted by atomic mass is 9.51. The Balaban J connectivity index is 1.96. The molecule has 3 atom stereocenters. The lowest BCUT2D eigenvalue weighted by Crippen LogP contribution is -2.69. The van der Waals surface area contributed by atoms with Crippen LogP contribution in [0.15, 0.2) is 0 Å². The molecule has 0 amide bonds. The highest BCUT2D eigenvalue weighted by Crippen LogP contribution is 2.57. The fraction of sp³-hybridized carbons (Fsp3) is 0.929. The summed E-state index contributed by atoms with van der Waals surface area (Å²) in [6, 6.07) is -0.110. The molecule has 0 aromatic carbocycles. The van der Waals surface area contributed by atoms with Gasteiger partial charge < -0.3 is 15.2 Å². The second-order valence-corrected chi connectivity index (χ2v) is 6.05. The van der Waals surface area contributed by atoms with Gasteiger partial charge in [0.2, 0.25) is 0 Å². The van der Waals surface area contributed by atoms with Gasteiger partial charge in [0.05, 0.1) is 6.10 Å². The molecule has 2 N–H and O–H groups in total. The van der Waals surface area contributed by atoms with E-state index in [9.17, 15) is 9.90 Å². The summed E-state index contributed by atoms with van der Waals surface area (Å²) in [7, 11) is 0. The summed E-state index contributed by atoms with van der Waals surface area (Å²) in [5.41, 5.74) is 0.235. The Bertz CT molecular complexity index is 312. The minimum absolute atomic E-state index is 0.116. The van der Waals surface area contributed by atoms with E-state index >= 15 is 0 Å². The van der Waals surface area contributed by atoms with Crippen molar-refractivity contribution in [3.63, 3.8) is 0 Å². The van der Waals surface area contributed by atoms with Gasteiger partial charge >= 0.3 is 5.97 Å². The highest BCUT2D eigenvalue weighted by atomic mass is 16.5. The highest BCUT2D eigenvalue weighted by Gasteiger charge is 2.59. The zero-order chi connectivity index (χ0) is 13.3. The Kier molecular flexibility index (Phi) is 3.97. The summed E-state index contributed by atoms with van der Waals surface area (Å²) in [5, 5.41) is 12.6. The predicted molar refractivity (Wildman–Crippen MR) is 69.5 cm³/mol. The quantitative estimate of drug-likeness (QED) is 0.762. The SMILES string of the molecule is CCOC1CC(NC(C(=O)O)C(C)C)C12CCC2. The Morgan fingerprint density at radius 2 is 2.17 bits per heavy atom. The normalized spacial score (nSPS) is 30.9. The molecule has 0 aromatic rings. The van der Waals surface area contributed by atoms with Gasteiger partial charge in [-0.2, -0.15) is 0 Å². The molecular formula is C14H25NO3. The first-order valence-electron chi connectivity index (χ1n) is 7.11. The standard InChI is InChI=1S/C14H25NO3/c1-4-18-11-8-10(14(11)6-5-7-14)15-12(9(2)3)13(16)17/h9-12,15H,4-8H2,1-3H3,(H,16,17). The van der Waals surface area contributed by atoms with E-state index in [1.54, 1.807) is 0 Å². The van der Waals surface area contributed by atoms with Gasteiger partial charge in [0, 0.05) is 18.1 Å². The third kappa shape index (κ3) is 2.16. The van der Waals surface area contributed by atoms with E-state index in [4.69, 9.17) is 4.74 Å². The number of carboxylic acids is 1. The first kappa shape index (κ1) is 13.8. The van der Waals surface area contributed by atoms with Crippen molar-refractivity contribution in [2.75, 3.05) is 6.61 Å². The van der Waals surface area contributed by atoms with E-state index < -0.39 is 12.0 Å². The monoisotopic (exact) mass is 255 g/mol. The van der Waals surface area contributed by atoms with Gasteiger partial charge in [-0.1, -0.05) is 20.3 Å². The molecule has 0 heterocycles. The Hall–Kier alpha value is -0.610. The average Bonchev–Trinajstić information content (AvgIpc) is 2.18. The maximum absolute atomic E-state index is 11.2. The second kappa shape index (κ2) is 5.17. The van der Waals surface area contributed by atoms with Crippen LogP contribution in [0.1, 0.15) is 46.5 Å². The van der Waals surface area contributed by atoms with Gasteiger partial charge in [0.15, 0.2) is 0 Å². The van der Waals surface area contributed by atoms with Crippen LogP contribution in [0, 0.1) is 11.3 Å². The fourth-order valence-corrected chi connectivity index (χ4v) is 3.44. The minimum Gasteiger partial charge on any atom is -0.480 e. The van der Waals surface area contributed by atoms with Crippen LogP contribution in [0.25, 0.3) is 0 Å². The molecule has 18 heavy (non-hydrogen) atoms. The maximum atomic E-state index is 11.2. The molecule has 1 spiro atoms. The highest BCUT2D eigenvalue weighted by molar-refractivity contribution is 5.73. The van der Waals surface area contributed by atoms with Gasteiger partial charge in [0.1, 0.15) is 6.04 Å². The van der Waals surface area contributed by atoms with Crippen molar-refractivity contribution in [3.8, 4) is 0 Å². The summed E-state index contributed by atoms with van der Waals surface area (Å²) >= 11 is 0. The number of carboxylic acid groups (broad SMARTS) is 1. The van der Waals surface area contributed by atoms with E-state index in [-0.39, 0.29) is 11.3 Å². The van der Waals surface area contributed by atoms with Crippen LogP contribution in [0.4, 0.5) is 0 Å². The largest absolute Gasteiger partial charge is 0.480 e. The van der Waals surface area contributed by atoms with E-state index in [1.165, 1.54) is 19.3 Å². The molecule has 0 bridgehead atoms. The Morgan fingerprint density at radius 3 is 2.56 bits per heavy atom. The summed E-state index contributed by atoms with van der Waals surface area (Å²) < 4.78 is 5.78. The van der Waals surface area contributed by atoms with Crippen molar-refractivity contribution in [1.29, 1.82) is 0 Å². The van der Waals surface area contributed by atoms with Gasteiger partial charge in [-0.05, 0) is 32.1 Å². The maximum Gasteiger partial charge on any atom is 0.320 e. The van der Waals surface area contributed by atoms with Crippen molar-refractivity contribution in [2.45, 2.75) is 64.6 Å². The number of hydrogen-bond acceptors (Lipinski definition) is 3. The number of nitrogens with one attached hydrogen (secondary N) is 1. The lowest BCUT2D eigenvalue weighted by Gasteiger charge is -2.61. The fourth-order valence-electron chi connectivity index (χ4n) is 3.44. The van der Waals surface area contributed by atoms with Crippen LogP contribution < -0.4 is 5.32 Å².